The number of methoxy groups -OCH3 is 1. The van der Waals surface area contributed by atoms with E-state index in [9.17, 15) is 4.79 Å². The molecule has 10 heteroatoms. The van der Waals surface area contributed by atoms with E-state index in [4.69, 9.17) is 24.5 Å². The molecule has 0 radical (unpaired) electrons. The molecule has 0 aliphatic carbocycles. The summed E-state index contributed by atoms with van der Waals surface area (Å²) in [4.78, 5) is 26.9. The van der Waals surface area contributed by atoms with E-state index >= 15 is 0 Å². The van der Waals surface area contributed by atoms with Gasteiger partial charge in [0.2, 0.25) is 5.88 Å². The summed E-state index contributed by atoms with van der Waals surface area (Å²) in [6.07, 6.45) is 2.11. The van der Waals surface area contributed by atoms with Crippen molar-refractivity contribution in [2.75, 3.05) is 13.7 Å². The van der Waals surface area contributed by atoms with Gasteiger partial charge in [-0.25, -0.2) is 9.78 Å². The normalized spacial score (nSPS) is 15.4. The predicted octanol–water partition coefficient (Wildman–Crippen LogP) is -4.42. The molecule has 1 aliphatic rings. The Morgan fingerprint density at radius 1 is 1.24 bits per heavy atom. The van der Waals surface area contributed by atoms with E-state index in [1.807, 2.05) is 33.8 Å². The molecule has 0 spiro atoms. The zero-order chi connectivity index (χ0) is 20.8. The second-order valence-corrected chi connectivity index (χ2v) is 7.32. The van der Waals surface area contributed by atoms with Gasteiger partial charge in [0.05, 0.1) is 12.8 Å². The van der Waals surface area contributed by atoms with Crippen molar-refractivity contribution >= 4 is 17.9 Å². The van der Waals surface area contributed by atoms with Gasteiger partial charge in [0.15, 0.2) is 0 Å². The van der Waals surface area contributed by atoms with Gasteiger partial charge < -0.3 is 24.5 Å². The molecule has 150 valence electrons. The summed E-state index contributed by atoms with van der Waals surface area (Å²) in [7, 11) is 1.60. The Bertz CT molecular complexity index is 715. The first kappa shape index (κ1) is 30.4. The molecule has 2 rings (SSSR count). The Kier molecular flexibility index (Phi) is 14.2. The minimum Gasteiger partial charge on any atom is -0.652 e. The molecule has 1 aromatic rings. The molecule has 0 saturated carbocycles. The summed E-state index contributed by atoms with van der Waals surface area (Å²) in [5, 5.41) is 16.7. The van der Waals surface area contributed by atoms with E-state index in [-0.39, 0.29) is 65.2 Å². The molecule has 29 heavy (non-hydrogen) atoms. The van der Waals surface area contributed by atoms with Crippen LogP contribution in [0.4, 0.5) is 9.59 Å². The van der Waals surface area contributed by atoms with E-state index in [0.717, 1.165) is 23.2 Å². The molecular formula is C19H26N2Na2O6. The van der Waals surface area contributed by atoms with Crippen LogP contribution < -0.4 is 74.1 Å². The Morgan fingerprint density at radius 3 is 2.24 bits per heavy atom. The maximum atomic E-state index is 12.6. The standard InChI is InChI=1S/C18H26N2O3.CH2O3.2Na/c1-12-7-8-15(14-9-13(2)16(22-6)19-10-14)20(11-12)17(21)23-18(3,4)5;2-1(3)4;;/h8-10,12H,7,11H2,1-6H3;(H2,2,3,4);;/q;;2*+1/p-2/t12-;;;/m0.../s1. The predicted molar refractivity (Wildman–Crippen MR) is 95.6 cm³/mol. The van der Waals surface area contributed by atoms with Crippen molar-refractivity contribution in [2.24, 2.45) is 5.92 Å². The van der Waals surface area contributed by atoms with Crippen molar-refractivity contribution in [3.05, 3.63) is 29.5 Å². The van der Waals surface area contributed by atoms with Crippen molar-refractivity contribution in [3.8, 4) is 5.88 Å². The molecular weight excluding hydrogens is 398 g/mol. The van der Waals surface area contributed by atoms with Crippen molar-refractivity contribution < 1.29 is 88.4 Å². The average molecular weight is 424 g/mol. The zero-order valence-electron chi connectivity index (χ0n) is 18.6. The molecule has 0 saturated heterocycles. The van der Waals surface area contributed by atoms with E-state index in [1.54, 1.807) is 18.2 Å². The Morgan fingerprint density at radius 2 is 1.79 bits per heavy atom. The first-order chi connectivity index (χ1) is 12.4. The Hall–Kier alpha value is -0.770. The number of allylic oxidation sites excluding steroid dienone is 1. The molecule has 2 heterocycles. The van der Waals surface area contributed by atoms with Crippen LogP contribution in [0.3, 0.4) is 0 Å². The van der Waals surface area contributed by atoms with Gasteiger partial charge in [-0.05, 0) is 52.3 Å². The molecule has 0 N–H and O–H groups in total. The van der Waals surface area contributed by atoms with Gasteiger partial charge in [0, 0.05) is 23.9 Å². The number of amides is 1. The van der Waals surface area contributed by atoms with Crippen LogP contribution in [0.5, 0.6) is 5.88 Å². The summed E-state index contributed by atoms with van der Waals surface area (Å²) < 4.78 is 10.8. The van der Waals surface area contributed by atoms with Crippen LogP contribution in [0.1, 0.15) is 45.2 Å². The molecule has 1 aromatic heterocycles. The summed E-state index contributed by atoms with van der Waals surface area (Å²) in [6.45, 7) is 10.3. The number of hydrogen-bond donors (Lipinski definition) is 0. The number of aromatic nitrogens is 1. The summed E-state index contributed by atoms with van der Waals surface area (Å²) >= 11 is 0. The third-order valence-electron chi connectivity index (χ3n) is 3.63. The third-order valence-corrected chi connectivity index (χ3v) is 3.63. The molecule has 1 amide bonds. The van der Waals surface area contributed by atoms with Gasteiger partial charge >= 0.3 is 65.2 Å². The number of carboxylic acid groups (broad SMARTS) is 2. The molecule has 0 aromatic carbocycles. The number of pyridine rings is 1. The number of rotatable bonds is 2. The zero-order valence-corrected chi connectivity index (χ0v) is 22.6. The van der Waals surface area contributed by atoms with Crippen LogP contribution in [0.25, 0.3) is 5.70 Å². The fourth-order valence-corrected chi connectivity index (χ4v) is 2.59. The van der Waals surface area contributed by atoms with Crippen molar-refractivity contribution in [1.29, 1.82) is 0 Å². The van der Waals surface area contributed by atoms with Gasteiger partial charge in [0.1, 0.15) is 5.60 Å². The van der Waals surface area contributed by atoms with Crippen molar-refractivity contribution in [1.82, 2.24) is 9.88 Å². The largest absolute Gasteiger partial charge is 1.00 e. The fraction of sp³-hybridized carbons (Fsp3) is 0.526. The van der Waals surface area contributed by atoms with Gasteiger partial charge in [-0.2, -0.15) is 0 Å². The van der Waals surface area contributed by atoms with E-state index in [1.165, 1.54) is 0 Å². The summed E-state index contributed by atoms with van der Waals surface area (Å²) in [5.41, 5.74) is 2.18. The van der Waals surface area contributed by atoms with E-state index in [2.05, 4.69) is 18.0 Å². The number of carbonyl (C=O) groups excluding carboxylic acids is 2. The second kappa shape index (κ2) is 13.5. The third kappa shape index (κ3) is 10.7. The molecule has 0 bridgehead atoms. The van der Waals surface area contributed by atoms with Gasteiger partial charge in [-0.3, -0.25) is 4.90 Å². The van der Waals surface area contributed by atoms with Crippen molar-refractivity contribution in [2.45, 2.75) is 46.6 Å². The second-order valence-electron chi connectivity index (χ2n) is 7.32. The number of nitrogens with zero attached hydrogens (tertiary/aromatic N) is 2. The first-order valence-corrected chi connectivity index (χ1v) is 8.54. The molecule has 8 nitrogen and oxygen atoms in total. The summed E-state index contributed by atoms with van der Waals surface area (Å²) in [6, 6.07) is 1.99. The van der Waals surface area contributed by atoms with Gasteiger partial charge in [-0.15, -0.1) is 0 Å². The quantitative estimate of drug-likeness (QED) is 0.440. The maximum absolute atomic E-state index is 12.6. The number of hydrogen-bond acceptors (Lipinski definition) is 7. The number of aryl methyl sites for hydroxylation is 1. The Balaban J connectivity index is 0. The monoisotopic (exact) mass is 424 g/mol. The molecule has 1 atom stereocenters. The minimum atomic E-state index is -2.33. The van der Waals surface area contributed by atoms with Crippen molar-refractivity contribution in [3.63, 3.8) is 0 Å². The van der Waals surface area contributed by atoms with Crippen LogP contribution in [0.2, 0.25) is 0 Å². The number of carbonyl (C=O) groups is 2. The topological polar surface area (TPSA) is 115 Å². The van der Waals surface area contributed by atoms with Crippen LogP contribution in [0, 0.1) is 12.8 Å². The summed E-state index contributed by atoms with van der Waals surface area (Å²) in [5.74, 6) is 1.00. The minimum absolute atomic E-state index is 0. The molecule has 0 unspecified atom stereocenters. The van der Waals surface area contributed by atoms with Crippen LogP contribution in [0.15, 0.2) is 18.3 Å². The number of ether oxygens (including phenoxy) is 2. The van der Waals surface area contributed by atoms with Gasteiger partial charge in [0.25, 0.3) is 0 Å². The average Bonchev–Trinajstić information content (AvgIpc) is 2.52. The maximum Gasteiger partial charge on any atom is 1.00 e. The fourth-order valence-electron chi connectivity index (χ4n) is 2.59. The molecule has 1 aliphatic heterocycles. The van der Waals surface area contributed by atoms with Gasteiger partial charge in [-0.1, -0.05) is 13.0 Å². The van der Waals surface area contributed by atoms with Crippen LogP contribution in [-0.2, 0) is 4.74 Å². The smallest absolute Gasteiger partial charge is 0.652 e. The van der Waals surface area contributed by atoms with E-state index < -0.39 is 11.8 Å². The van der Waals surface area contributed by atoms with E-state index in [0.29, 0.717) is 18.3 Å². The van der Waals surface area contributed by atoms with Crippen LogP contribution >= 0.6 is 0 Å². The molecule has 0 fully saturated rings. The SMILES string of the molecule is COc1ncc(C2=CC[C@H](C)CN2C(=O)OC(C)(C)C)cc1C.O=C([O-])[O-].[Na+].[Na+]. The first-order valence-electron chi connectivity index (χ1n) is 8.54. The van der Waals surface area contributed by atoms with Crippen LogP contribution in [-0.4, -0.2) is 41.4 Å². The Labute approximate surface area is 216 Å².